The van der Waals surface area contributed by atoms with E-state index in [1.54, 1.807) is 0 Å². The van der Waals surface area contributed by atoms with Gasteiger partial charge in [0.1, 0.15) is 12.4 Å². The number of amides is 1. The van der Waals surface area contributed by atoms with Crippen molar-refractivity contribution in [3.63, 3.8) is 0 Å². The van der Waals surface area contributed by atoms with Gasteiger partial charge in [-0.05, 0) is 73.4 Å². The summed E-state index contributed by atoms with van der Waals surface area (Å²) in [5.74, 6) is 2.30. The van der Waals surface area contributed by atoms with E-state index in [0.29, 0.717) is 18.6 Å². The van der Waals surface area contributed by atoms with Crippen LogP contribution in [-0.2, 0) is 17.8 Å². The van der Waals surface area contributed by atoms with Crippen LogP contribution in [0, 0.1) is 13.8 Å². The third-order valence-electron chi connectivity index (χ3n) is 7.28. The number of carbonyl (C=O) groups excluding carboxylic acids is 1. The van der Waals surface area contributed by atoms with Gasteiger partial charge in [-0.25, -0.2) is 0 Å². The summed E-state index contributed by atoms with van der Waals surface area (Å²) in [4.78, 5) is 13.0. The number of hydrogen-bond donors (Lipinski definition) is 1. The second-order valence-corrected chi connectivity index (χ2v) is 12.2. The maximum atomic E-state index is 13.0. The summed E-state index contributed by atoms with van der Waals surface area (Å²) in [6, 6.07) is 10.7. The molecule has 1 aromatic heterocycles. The number of halogens is 1. The first-order valence-electron chi connectivity index (χ1n) is 13.7. The van der Waals surface area contributed by atoms with Gasteiger partial charge in [-0.3, -0.25) is 9.36 Å². The second-order valence-electron chi connectivity index (χ2n) is 10.4. The van der Waals surface area contributed by atoms with Crippen LogP contribution in [0.3, 0.4) is 0 Å². The average Bonchev–Trinajstić information content (AvgIpc) is 3.32. The number of aryl methyl sites for hydroxylation is 3. The number of para-hydroxylation sites is 1. The van der Waals surface area contributed by atoms with E-state index in [4.69, 9.17) is 4.74 Å². The summed E-state index contributed by atoms with van der Waals surface area (Å²) in [6.45, 7) is 10.9. The van der Waals surface area contributed by atoms with Gasteiger partial charge in [0.2, 0.25) is 5.91 Å². The predicted octanol–water partition coefficient (Wildman–Crippen LogP) is 8.16. The number of benzene rings is 2. The lowest BCUT2D eigenvalue weighted by atomic mass is 9.95. The minimum atomic E-state index is -0.0260. The Labute approximate surface area is 239 Å². The molecule has 0 radical (unpaired) electrons. The third-order valence-corrected chi connectivity index (χ3v) is 9.08. The molecule has 1 amide bonds. The van der Waals surface area contributed by atoms with Crippen molar-refractivity contribution >= 4 is 39.3 Å². The standard InChI is InChI=1S/C30H39BrN4O2S/c1-6-22-12-10-11-20(4)29(22)32-28(36)18-38-30-34-33-27(35(30)23-13-8-7-9-14-23)17-37-26-15-21(5)25(31)16-24(26)19(2)3/h10-12,15-16,19,23H,6-9,13-14,17-18H2,1-5H3,(H,32,36). The van der Waals surface area contributed by atoms with E-state index in [1.165, 1.54) is 36.6 Å². The first-order chi connectivity index (χ1) is 18.3. The lowest BCUT2D eigenvalue weighted by Crippen LogP contribution is -2.19. The number of thioether (sulfide) groups is 1. The summed E-state index contributed by atoms with van der Waals surface area (Å²) in [5.41, 5.74) is 5.46. The Morgan fingerprint density at radius 2 is 1.92 bits per heavy atom. The van der Waals surface area contributed by atoms with Gasteiger partial charge < -0.3 is 10.1 Å². The summed E-state index contributed by atoms with van der Waals surface area (Å²) in [5, 5.41) is 13.0. The normalized spacial score (nSPS) is 14.2. The van der Waals surface area contributed by atoms with Crippen LogP contribution in [0.1, 0.15) is 92.9 Å². The predicted molar refractivity (Wildman–Crippen MR) is 159 cm³/mol. The zero-order chi connectivity index (χ0) is 27.2. The van der Waals surface area contributed by atoms with Crippen molar-refractivity contribution in [2.45, 2.75) is 96.9 Å². The summed E-state index contributed by atoms with van der Waals surface area (Å²) < 4.78 is 9.71. The van der Waals surface area contributed by atoms with Crippen molar-refractivity contribution in [1.82, 2.24) is 14.8 Å². The van der Waals surface area contributed by atoms with Crippen molar-refractivity contribution in [2.75, 3.05) is 11.1 Å². The smallest absolute Gasteiger partial charge is 0.234 e. The monoisotopic (exact) mass is 598 g/mol. The van der Waals surface area contributed by atoms with Crippen molar-refractivity contribution in [3.05, 3.63) is 62.9 Å². The molecule has 3 aromatic rings. The van der Waals surface area contributed by atoms with Gasteiger partial charge in [-0.2, -0.15) is 0 Å². The molecule has 8 heteroatoms. The van der Waals surface area contributed by atoms with Crippen molar-refractivity contribution < 1.29 is 9.53 Å². The molecule has 2 aromatic carbocycles. The third kappa shape index (κ3) is 6.81. The number of carbonyl (C=O) groups is 1. The van der Waals surface area contributed by atoms with Crippen LogP contribution < -0.4 is 10.1 Å². The minimum Gasteiger partial charge on any atom is -0.485 e. The molecule has 1 aliphatic carbocycles. The molecule has 1 saturated carbocycles. The van der Waals surface area contributed by atoms with Crippen LogP contribution in [0.15, 0.2) is 40.0 Å². The first kappa shape index (κ1) is 28.7. The van der Waals surface area contributed by atoms with Gasteiger partial charge in [-0.15, -0.1) is 10.2 Å². The summed E-state index contributed by atoms with van der Waals surface area (Å²) in [7, 11) is 0. The number of aromatic nitrogens is 3. The number of hydrogen-bond acceptors (Lipinski definition) is 5. The van der Waals surface area contributed by atoms with Crippen molar-refractivity contribution in [2.24, 2.45) is 0 Å². The molecule has 1 heterocycles. The molecule has 38 heavy (non-hydrogen) atoms. The summed E-state index contributed by atoms with van der Waals surface area (Å²) >= 11 is 5.11. The van der Waals surface area contributed by atoms with E-state index >= 15 is 0 Å². The van der Waals surface area contributed by atoms with E-state index in [9.17, 15) is 4.79 Å². The molecule has 1 fully saturated rings. The Morgan fingerprint density at radius 1 is 1.16 bits per heavy atom. The molecule has 1 N–H and O–H groups in total. The van der Waals surface area contributed by atoms with Gasteiger partial charge in [0, 0.05) is 16.2 Å². The van der Waals surface area contributed by atoms with Crippen LogP contribution in [0.2, 0.25) is 0 Å². The zero-order valence-corrected chi connectivity index (χ0v) is 25.5. The highest BCUT2D eigenvalue weighted by molar-refractivity contribution is 9.10. The Kier molecular flexibility index (Phi) is 9.93. The Hall–Kier alpha value is -2.32. The number of ether oxygens (including phenoxy) is 1. The number of nitrogens with zero attached hydrogens (tertiary/aromatic N) is 3. The number of anilines is 1. The molecule has 1 aliphatic rings. The fraction of sp³-hybridized carbons (Fsp3) is 0.500. The van der Waals surface area contributed by atoms with E-state index < -0.39 is 0 Å². The highest BCUT2D eigenvalue weighted by atomic mass is 79.9. The molecule has 0 spiro atoms. The fourth-order valence-electron chi connectivity index (χ4n) is 5.11. The maximum absolute atomic E-state index is 13.0. The van der Waals surface area contributed by atoms with Crippen LogP contribution in [0.25, 0.3) is 0 Å². The number of nitrogens with one attached hydrogen (secondary N) is 1. The van der Waals surface area contributed by atoms with Gasteiger partial charge in [0.25, 0.3) is 0 Å². The largest absolute Gasteiger partial charge is 0.485 e. The molecule has 204 valence electrons. The van der Waals surface area contributed by atoms with Crippen molar-refractivity contribution in [3.8, 4) is 5.75 Å². The van der Waals surface area contributed by atoms with Crippen LogP contribution in [0.5, 0.6) is 5.75 Å². The Bertz CT molecular complexity index is 1270. The Morgan fingerprint density at radius 3 is 2.63 bits per heavy atom. The topological polar surface area (TPSA) is 69.0 Å². The first-order valence-corrected chi connectivity index (χ1v) is 15.4. The van der Waals surface area contributed by atoms with Crippen LogP contribution in [0.4, 0.5) is 5.69 Å². The van der Waals surface area contributed by atoms with Gasteiger partial charge in [-0.1, -0.05) is 85.9 Å². The molecule has 0 saturated heterocycles. The van der Waals surface area contributed by atoms with Gasteiger partial charge >= 0.3 is 0 Å². The highest BCUT2D eigenvalue weighted by Crippen LogP contribution is 2.35. The van der Waals surface area contributed by atoms with Crippen molar-refractivity contribution in [1.29, 1.82) is 0 Å². The van der Waals surface area contributed by atoms with E-state index in [0.717, 1.165) is 62.8 Å². The minimum absolute atomic E-state index is 0.0260. The van der Waals surface area contributed by atoms with E-state index in [1.807, 2.05) is 19.1 Å². The van der Waals surface area contributed by atoms with Crippen LogP contribution in [-0.4, -0.2) is 26.4 Å². The molecular formula is C30H39BrN4O2S. The second kappa shape index (κ2) is 13.2. The maximum Gasteiger partial charge on any atom is 0.234 e. The Balaban J connectivity index is 1.52. The fourth-order valence-corrected chi connectivity index (χ4v) is 6.29. The highest BCUT2D eigenvalue weighted by Gasteiger charge is 2.24. The lowest BCUT2D eigenvalue weighted by Gasteiger charge is -2.26. The van der Waals surface area contributed by atoms with Gasteiger partial charge in [0.05, 0.1) is 5.75 Å². The SMILES string of the molecule is CCc1cccc(C)c1NC(=O)CSc1nnc(COc2cc(C)c(Br)cc2C(C)C)n1C1CCCCC1. The molecular weight excluding hydrogens is 560 g/mol. The molecule has 6 nitrogen and oxygen atoms in total. The quantitative estimate of drug-likeness (QED) is 0.238. The van der Waals surface area contributed by atoms with E-state index in [-0.39, 0.29) is 11.7 Å². The molecule has 0 atom stereocenters. The molecule has 4 rings (SSSR count). The number of rotatable bonds is 10. The summed E-state index contributed by atoms with van der Waals surface area (Å²) in [6.07, 6.45) is 6.74. The zero-order valence-electron chi connectivity index (χ0n) is 23.1. The van der Waals surface area contributed by atoms with Crippen LogP contribution >= 0.6 is 27.7 Å². The average molecular weight is 600 g/mol. The molecule has 0 unspecified atom stereocenters. The van der Waals surface area contributed by atoms with E-state index in [2.05, 4.69) is 81.9 Å². The van der Waals surface area contributed by atoms with Gasteiger partial charge in [0.15, 0.2) is 11.0 Å². The lowest BCUT2D eigenvalue weighted by molar-refractivity contribution is -0.113. The molecule has 0 bridgehead atoms. The molecule has 0 aliphatic heterocycles.